The topological polar surface area (TPSA) is 84.7 Å². The van der Waals surface area contributed by atoms with Gasteiger partial charge >= 0.3 is 6.03 Å². The van der Waals surface area contributed by atoms with Gasteiger partial charge in [0.05, 0.1) is 0 Å². The number of nitrogens with one attached hydrogen (secondary N) is 2. The minimum Gasteiger partial charge on any atom is -0.337 e. The number of rotatable bonds is 5. The molecule has 0 atom stereocenters. The Morgan fingerprint density at radius 2 is 2.00 bits per heavy atom. The van der Waals surface area contributed by atoms with Gasteiger partial charge in [0.2, 0.25) is 0 Å². The fraction of sp³-hybridized carbons (Fsp3) is 0.125. The summed E-state index contributed by atoms with van der Waals surface area (Å²) >= 11 is 0. The summed E-state index contributed by atoms with van der Waals surface area (Å²) < 4.78 is 1.60. The van der Waals surface area contributed by atoms with Crippen molar-refractivity contribution in [2.24, 2.45) is 0 Å². The van der Waals surface area contributed by atoms with Gasteiger partial charge in [-0.1, -0.05) is 30.3 Å². The van der Waals surface area contributed by atoms with E-state index in [9.17, 15) is 4.79 Å². The lowest BCUT2D eigenvalue weighted by Crippen LogP contribution is -2.30. The molecule has 23 heavy (non-hydrogen) atoms. The number of urea groups is 1. The molecule has 1 aromatic carbocycles. The van der Waals surface area contributed by atoms with Gasteiger partial charge in [-0.2, -0.15) is 5.10 Å². The van der Waals surface area contributed by atoms with Crippen LogP contribution < -0.4 is 10.6 Å². The number of hydrogen-bond donors (Lipinski definition) is 2. The first-order valence-corrected chi connectivity index (χ1v) is 7.22. The van der Waals surface area contributed by atoms with Gasteiger partial charge in [-0.05, 0) is 18.1 Å². The quantitative estimate of drug-likeness (QED) is 0.755. The van der Waals surface area contributed by atoms with Gasteiger partial charge in [-0.3, -0.25) is 5.32 Å². The van der Waals surface area contributed by atoms with Gasteiger partial charge in [0, 0.05) is 25.0 Å². The second kappa shape index (κ2) is 7.17. The maximum absolute atomic E-state index is 11.9. The molecule has 0 aliphatic carbocycles. The Morgan fingerprint density at radius 3 is 2.78 bits per heavy atom. The van der Waals surface area contributed by atoms with Crippen LogP contribution in [0.2, 0.25) is 0 Å². The van der Waals surface area contributed by atoms with Crippen molar-refractivity contribution < 1.29 is 4.79 Å². The van der Waals surface area contributed by atoms with Crippen LogP contribution in [-0.2, 0) is 6.42 Å². The Morgan fingerprint density at radius 1 is 1.13 bits per heavy atom. The van der Waals surface area contributed by atoms with Gasteiger partial charge in [0.25, 0.3) is 0 Å². The van der Waals surface area contributed by atoms with E-state index in [0.29, 0.717) is 18.2 Å². The first kappa shape index (κ1) is 14.7. The Hall–Kier alpha value is -3.22. The summed E-state index contributed by atoms with van der Waals surface area (Å²) in [6.07, 6.45) is 5.59. The number of hydrogen-bond acceptors (Lipinski definition) is 4. The van der Waals surface area contributed by atoms with Crippen LogP contribution in [0.5, 0.6) is 0 Å². The number of carbonyl (C=O) groups excluding carboxylic acids is 1. The summed E-state index contributed by atoms with van der Waals surface area (Å²) in [5.41, 5.74) is 1.18. The van der Waals surface area contributed by atoms with Crippen molar-refractivity contribution in [3.8, 4) is 5.82 Å². The van der Waals surface area contributed by atoms with Crippen molar-refractivity contribution >= 4 is 11.8 Å². The molecule has 3 aromatic rings. The summed E-state index contributed by atoms with van der Waals surface area (Å²) in [6.45, 7) is 0.549. The Bertz CT molecular complexity index is 757. The first-order valence-electron chi connectivity index (χ1n) is 7.22. The minimum absolute atomic E-state index is 0.300. The number of benzene rings is 1. The third-order valence-corrected chi connectivity index (χ3v) is 3.18. The Kier molecular flexibility index (Phi) is 4.58. The van der Waals surface area contributed by atoms with Crippen molar-refractivity contribution in [2.45, 2.75) is 6.42 Å². The van der Waals surface area contributed by atoms with Crippen LogP contribution in [-0.4, -0.2) is 32.3 Å². The highest BCUT2D eigenvalue weighted by Crippen LogP contribution is 2.07. The number of aromatic nitrogens is 4. The summed E-state index contributed by atoms with van der Waals surface area (Å²) in [5, 5.41) is 9.58. The molecule has 0 bridgehead atoms. The van der Waals surface area contributed by atoms with Gasteiger partial charge in [0.1, 0.15) is 12.1 Å². The summed E-state index contributed by atoms with van der Waals surface area (Å²) in [5.74, 6) is 1.01. The molecule has 0 saturated heterocycles. The van der Waals surface area contributed by atoms with Gasteiger partial charge in [0.15, 0.2) is 5.82 Å². The molecular weight excluding hydrogens is 292 g/mol. The zero-order valence-corrected chi connectivity index (χ0v) is 12.4. The van der Waals surface area contributed by atoms with Crippen LogP contribution >= 0.6 is 0 Å². The third-order valence-electron chi connectivity index (χ3n) is 3.18. The second-order valence-corrected chi connectivity index (χ2v) is 4.83. The SMILES string of the molecule is O=C(NCCc1ccccc1)Nc1cc(-n2cccn2)ncn1. The highest BCUT2D eigenvalue weighted by molar-refractivity contribution is 5.88. The van der Waals surface area contributed by atoms with Crippen molar-refractivity contribution in [3.05, 3.63) is 66.7 Å². The van der Waals surface area contributed by atoms with Gasteiger partial charge < -0.3 is 5.32 Å². The molecule has 2 N–H and O–H groups in total. The molecule has 116 valence electrons. The van der Waals surface area contributed by atoms with E-state index in [0.717, 1.165) is 6.42 Å². The van der Waals surface area contributed by atoms with Crippen LogP contribution in [0.4, 0.5) is 10.6 Å². The fourth-order valence-electron chi connectivity index (χ4n) is 2.07. The molecule has 2 aromatic heterocycles. The third kappa shape index (κ3) is 4.13. The van der Waals surface area contributed by atoms with E-state index >= 15 is 0 Å². The molecule has 0 fully saturated rings. The highest BCUT2D eigenvalue weighted by Gasteiger charge is 2.05. The number of anilines is 1. The lowest BCUT2D eigenvalue weighted by atomic mass is 10.1. The Balaban J connectivity index is 1.53. The molecular formula is C16H16N6O. The van der Waals surface area contributed by atoms with Crippen molar-refractivity contribution in [3.63, 3.8) is 0 Å². The predicted molar refractivity (Wildman–Crippen MR) is 86.3 cm³/mol. The molecule has 0 unspecified atom stereocenters. The van der Waals surface area contributed by atoms with Gasteiger partial charge in [-0.15, -0.1) is 0 Å². The number of carbonyl (C=O) groups is 1. The minimum atomic E-state index is -0.300. The molecule has 0 spiro atoms. The second-order valence-electron chi connectivity index (χ2n) is 4.83. The Labute approximate surface area is 133 Å². The van der Waals surface area contributed by atoms with Crippen LogP contribution in [0, 0.1) is 0 Å². The lowest BCUT2D eigenvalue weighted by molar-refractivity contribution is 0.252. The lowest BCUT2D eigenvalue weighted by Gasteiger charge is -2.08. The molecule has 7 nitrogen and oxygen atoms in total. The van der Waals surface area contributed by atoms with Crippen molar-refractivity contribution in [1.82, 2.24) is 25.1 Å². The van der Waals surface area contributed by atoms with Crippen molar-refractivity contribution in [1.29, 1.82) is 0 Å². The van der Waals surface area contributed by atoms with E-state index < -0.39 is 0 Å². The molecule has 7 heteroatoms. The molecule has 0 aliphatic heterocycles. The average molecular weight is 308 g/mol. The van der Waals surface area contributed by atoms with E-state index in [1.54, 1.807) is 29.2 Å². The fourth-order valence-corrected chi connectivity index (χ4v) is 2.07. The maximum Gasteiger partial charge on any atom is 0.320 e. The van der Waals surface area contributed by atoms with Crippen LogP contribution in [0.25, 0.3) is 5.82 Å². The summed E-state index contributed by atoms with van der Waals surface area (Å²) in [4.78, 5) is 20.0. The normalized spacial score (nSPS) is 10.3. The van der Waals surface area contributed by atoms with E-state index in [2.05, 4.69) is 25.7 Å². The van der Waals surface area contributed by atoms with Gasteiger partial charge in [-0.25, -0.2) is 19.4 Å². The standard InChI is InChI=1S/C16H16N6O/c23-16(17-9-7-13-5-2-1-3-6-13)21-14-11-15(19-12-18-14)22-10-4-8-20-22/h1-6,8,10-12H,7,9H2,(H2,17,18,19,21,23). The molecule has 3 rings (SSSR count). The molecule has 2 heterocycles. The predicted octanol–water partition coefficient (Wildman–Crippen LogP) is 2.03. The number of nitrogens with zero attached hydrogens (tertiary/aromatic N) is 4. The smallest absolute Gasteiger partial charge is 0.320 e. The molecule has 0 radical (unpaired) electrons. The molecule has 0 aliphatic rings. The maximum atomic E-state index is 11.9. The summed E-state index contributed by atoms with van der Waals surface area (Å²) in [7, 11) is 0. The zero-order valence-electron chi connectivity index (χ0n) is 12.4. The largest absolute Gasteiger partial charge is 0.337 e. The van der Waals surface area contributed by atoms with E-state index in [4.69, 9.17) is 0 Å². The molecule has 0 saturated carbocycles. The van der Waals surface area contributed by atoms with Crippen LogP contribution in [0.1, 0.15) is 5.56 Å². The monoisotopic (exact) mass is 308 g/mol. The first-order chi connectivity index (χ1) is 11.3. The number of amides is 2. The van der Waals surface area contributed by atoms with Crippen LogP contribution in [0.15, 0.2) is 61.2 Å². The van der Waals surface area contributed by atoms with Crippen molar-refractivity contribution in [2.75, 3.05) is 11.9 Å². The van der Waals surface area contributed by atoms with E-state index in [-0.39, 0.29) is 6.03 Å². The van der Waals surface area contributed by atoms with E-state index in [1.807, 2.05) is 30.3 Å². The van der Waals surface area contributed by atoms with E-state index in [1.165, 1.54) is 11.9 Å². The summed E-state index contributed by atoms with van der Waals surface area (Å²) in [6, 6.07) is 13.1. The molecule has 2 amide bonds. The van der Waals surface area contributed by atoms with Crippen LogP contribution in [0.3, 0.4) is 0 Å². The average Bonchev–Trinajstić information content (AvgIpc) is 3.11. The zero-order chi connectivity index (χ0) is 15.9. The highest BCUT2D eigenvalue weighted by atomic mass is 16.2.